The van der Waals surface area contributed by atoms with Crippen LogP contribution in [0.25, 0.3) is 11.1 Å². The Morgan fingerprint density at radius 2 is 2.18 bits per heavy atom. The Bertz CT molecular complexity index is 589. The van der Waals surface area contributed by atoms with Crippen molar-refractivity contribution < 1.29 is 14.3 Å². The number of halogens is 2. The molecule has 1 aromatic heterocycles. The number of hydrogen-bond donors (Lipinski definition) is 1. The van der Waals surface area contributed by atoms with Crippen molar-refractivity contribution in [3.8, 4) is 11.1 Å². The fraction of sp³-hybridized carbons (Fsp3) is 0. The molecule has 0 radical (unpaired) electrons. The van der Waals surface area contributed by atoms with Crippen LogP contribution in [-0.2, 0) is 0 Å². The number of hydrogen-bond acceptors (Lipinski definition) is 3. The predicted molar refractivity (Wildman–Crippen MR) is 59.4 cm³/mol. The maximum atomic E-state index is 13.1. The van der Waals surface area contributed by atoms with Gasteiger partial charge in [-0.2, -0.15) is 5.10 Å². The van der Waals surface area contributed by atoms with E-state index in [4.69, 9.17) is 16.7 Å². The number of rotatable bonds is 2. The van der Waals surface area contributed by atoms with Crippen LogP contribution in [0.5, 0.6) is 0 Å². The van der Waals surface area contributed by atoms with Gasteiger partial charge in [-0.3, -0.25) is 0 Å². The summed E-state index contributed by atoms with van der Waals surface area (Å²) in [5.41, 5.74) is 0.434. The quantitative estimate of drug-likeness (QED) is 0.892. The van der Waals surface area contributed by atoms with Gasteiger partial charge in [0.15, 0.2) is 5.15 Å². The average Bonchev–Trinajstić information content (AvgIpc) is 2.28. The molecule has 2 aromatic rings. The summed E-state index contributed by atoms with van der Waals surface area (Å²) >= 11 is 5.67. The third-order valence-corrected chi connectivity index (χ3v) is 2.42. The molecule has 86 valence electrons. The first-order valence-corrected chi connectivity index (χ1v) is 4.98. The molecular formula is C11H6ClFN2O2. The van der Waals surface area contributed by atoms with E-state index in [1.165, 1.54) is 24.4 Å². The fourth-order valence-corrected chi connectivity index (χ4v) is 1.67. The van der Waals surface area contributed by atoms with Gasteiger partial charge in [0.2, 0.25) is 0 Å². The molecule has 0 fully saturated rings. The third kappa shape index (κ3) is 2.24. The minimum Gasteiger partial charge on any atom is -0.478 e. The maximum absolute atomic E-state index is 13.1. The molecule has 0 unspecified atom stereocenters. The van der Waals surface area contributed by atoms with Crippen LogP contribution in [0.2, 0.25) is 5.15 Å². The minimum absolute atomic E-state index is 0.188. The first-order chi connectivity index (χ1) is 8.09. The Labute approximate surface area is 101 Å². The van der Waals surface area contributed by atoms with Gasteiger partial charge in [-0.1, -0.05) is 23.7 Å². The van der Waals surface area contributed by atoms with E-state index in [-0.39, 0.29) is 16.3 Å². The zero-order valence-corrected chi connectivity index (χ0v) is 9.15. The lowest BCUT2D eigenvalue weighted by atomic mass is 10.0. The lowest BCUT2D eigenvalue weighted by Gasteiger charge is -2.06. The Balaban J connectivity index is 2.67. The van der Waals surface area contributed by atoms with Gasteiger partial charge in [0.1, 0.15) is 11.4 Å². The molecule has 2 rings (SSSR count). The number of aromatic carboxylic acids is 1. The van der Waals surface area contributed by atoms with E-state index < -0.39 is 11.8 Å². The topological polar surface area (TPSA) is 63.1 Å². The summed E-state index contributed by atoms with van der Waals surface area (Å²) in [6, 6.07) is 5.52. The first-order valence-electron chi connectivity index (χ1n) is 4.60. The Morgan fingerprint density at radius 3 is 2.82 bits per heavy atom. The van der Waals surface area contributed by atoms with E-state index in [1.807, 2.05) is 0 Å². The number of carboxylic acids is 1. The highest BCUT2D eigenvalue weighted by molar-refractivity contribution is 6.33. The van der Waals surface area contributed by atoms with E-state index in [0.717, 1.165) is 0 Å². The van der Waals surface area contributed by atoms with Crippen molar-refractivity contribution in [3.63, 3.8) is 0 Å². The maximum Gasteiger partial charge on any atom is 0.339 e. The lowest BCUT2D eigenvalue weighted by Crippen LogP contribution is -2.03. The summed E-state index contributed by atoms with van der Waals surface area (Å²) in [6.45, 7) is 0. The van der Waals surface area contributed by atoms with Crippen LogP contribution < -0.4 is 0 Å². The van der Waals surface area contributed by atoms with Gasteiger partial charge in [-0.05, 0) is 17.7 Å². The SMILES string of the molecule is O=C(O)c1c(-c2cccc(F)c2)cnnc1Cl. The van der Waals surface area contributed by atoms with Gasteiger partial charge in [0.05, 0.1) is 6.20 Å². The number of carbonyl (C=O) groups is 1. The molecule has 0 bridgehead atoms. The van der Waals surface area contributed by atoms with Crippen LogP contribution >= 0.6 is 11.6 Å². The second-order valence-corrected chi connectivity index (χ2v) is 3.60. The highest BCUT2D eigenvalue weighted by Gasteiger charge is 2.17. The smallest absolute Gasteiger partial charge is 0.339 e. The third-order valence-electron chi connectivity index (χ3n) is 2.16. The van der Waals surface area contributed by atoms with E-state index in [9.17, 15) is 9.18 Å². The summed E-state index contributed by atoms with van der Waals surface area (Å²) in [6.07, 6.45) is 1.24. The molecule has 0 aliphatic carbocycles. The van der Waals surface area contributed by atoms with Crippen molar-refractivity contribution in [1.29, 1.82) is 0 Å². The molecule has 0 aliphatic rings. The summed E-state index contributed by atoms with van der Waals surface area (Å²) in [7, 11) is 0. The predicted octanol–water partition coefficient (Wildman–Crippen LogP) is 2.63. The summed E-state index contributed by atoms with van der Waals surface area (Å²) in [5, 5.41) is 15.8. The fourth-order valence-electron chi connectivity index (χ4n) is 1.44. The van der Waals surface area contributed by atoms with Crippen molar-refractivity contribution >= 4 is 17.6 Å². The molecule has 0 spiro atoms. The van der Waals surface area contributed by atoms with Gasteiger partial charge in [-0.25, -0.2) is 9.18 Å². The molecule has 0 amide bonds. The van der Waals surface area contributed by atoms with Crippen molar-refractivity contribution in [1.82, 2.24) is 10.2 Å². The Hall–Kier alpha value is -2.01. The van der Waals surface area contributed by atoms with Gasteiger partial charge in [0.25, 0.3) is 0 Å². The zero-order chi connectivity index (χ0) is 12.4. The van der Waals surface area contributed by atoms with Crippen LogP contribution in [-0.4, -0.2) is 21.3 Å². The van der Waals surface area contributed by atoms with E-state index in [0.29, 0.717) is 5.56 Å². The standard InChI is InChI=1S/C11H6ClFN2O2/c12-10-9(11(16)17)8(5-14-15-10)6-2-1-3-7(13)4-6/h1-5H,(H,16,17). The average molecular weight is 253 g/mol. The summed E-state index contributed by atoms with van der Waals surface area (Å²) in [5.74, 6) is -1.70. The van der Waals surface area contributed by atoms with Crippen LogP contribution in [0.4, 0.5) is 4.39 Å². The molecular weight excluding hydrogens is 247 g/mol. The molecule has 0 atom stereocenters. The minimum atomic E-state index is -1.23. The Morgan fingerprint density at radius 1 is 1.41 bits per heavy atom. The Kier molecular flexibility index (Phi) is 3.01. The molecule has 17 heavy (non-hydrogen) atoms. The zero-order valence-electron chi connectivity index (χ0n) is 8.39. The molecule has 4 nitrogen and oxygen atoms in total. The van der Waals surface area contributed by atoms with Crippen LogP contribution in [0.15, 0.2) is 30.5 Å². The first kappa shape index (κ1) is 11.5. The normalized spacial score (nSPS) is 10.2. The molecule has 1 heterocycles. The molecule has 0 aliphatic heterocycles. The number of carboxylic acid groups (broad SMARTS) is 1. The number of aromatic nitrogens is 2. The van der Waals surface area contributed by atoms with Crippen molar-refractivity contribution in [2.24, 2.45) is 0 Å². The second kappa shape index (κ2) is 4.47. The van der Waals surface area contributed by atoms with Crippen LogP contribution in [0.3, 0.4) is 0 Å². The van der Waals surface area contributed by atoms with Crippen molar-refractivity contribution in [2.75, 3.05) is 0 Å². The van der Waals surface area contributed by atoms with Crippen molar-refractivity contribution in [3.05, 3.63) is 47.0 Å². The number of benzene rings is 1. The van der Waals surface area contributed by atoms with Crippen LogP contribution in [0.1, 0.15) is 10.4 Å². The van der Waals surface area contributed by atoms with Crippen LogP contribution in [0, 0.1) is 5.82 Å². The van der Waals surface area contributed by atoms with Gasteiger partial charge in [-0.15, -0.1) is 5.10 Å². The molecule has 1 N–H and O–H groups in total. The van der Waals surface area contributed by atoms with E-state index >= 15 is 0 Å². The lowest BCUT2D eigenvalue weighted by molar-refractivity contribution is 0.0697. The van der Waals surface area contributed by atoms with E-state index in [2.05, 4.69) is 10.2 Å². The largest absolute Gasteiger partial charge is 0.478 e. The van der Waals surface area contributed by atoms with E-state index in [1.54, 1.807) is 6.07 Å². The molecule has 0 saturated carbocycles. The number of nitrogens with zero attached hydrogens (tertiary/aromatic N) is 2. The molecule has 6 heteroatoms. The van der Waals surface area contributed by atoms with Crippen molar-refractivity contribution in [2.45, 2.75) is 0 Å². The summed E-state index contributed by atoms with van der Waals surface area (Å²) < 4.78 is 13.1. The monoisotopic (exact) mass is 252 g/mol. The molecule has 0 saturated heterocycles. The van der Waals surface area contributed by atoms with Gasteiger partial charge >= 0.3 is 5.97 Å². The molecule has 1 aromatic carbocycles. The highest BCUT2D eigenvalue weighted by atomic mass is 35.5. The second-order valence-electron chi connectivity index (χ2n) is 3.24. The van der Waals surface area contributed by atoms with Gasteiger partial charge in [0, 0.05) is 5.56 Å². The highest BCUT2D eigenvalue weighted by Crippen LogP contribution is 2.27. The van der Waals surface area contributed by atoms with Gasteiger partial charge < -0.3 is 5.11 Å². The summed E-state index contributed by atoms with van der Waals surface area (Å²) in [4.78, 5) is 11.1.